The van der Waals surface area contributed by atoms with E-state index in [0.29, 0.717) is 16.2 Å². The van der Waals surface area contributed by atoms with Crippen molar-refractivity contribution in [1.29, 1.82) is 0 Å². The first-order chi connectivity index (χ1) is 12.4. The van der Waals surface area contributed by atoms with E-state index in [1.807, 2.05) is 12.1 Å². The molecule has 0 aliphatic heterocycles. The second-order valence-corrected chi connectivity index (χ2v) is 8.03. The summed E-state index contributed by atoms with van der Waals surface area (Å²) < 4.78 is 55.9. The van der Waals surface area contributed by atoms with Crippen LogP contribution in [0.15, 0.2) is 89.7 Å². The number of halogens is 3. The lowest BCUT2D eigenvalue weighted by molar-refractivity contribution is -0.137. The predicted molar refractivity (Wildman–Crippen MR) is 98.8 cm³/mol. The summed E-state index contributed by atoms with van der Waals surface area (Å²) in [5.74, 6) is 0. The summed E-state index contributed by atoms with van der Waals surface area (Å²) in [6, 6.07) is 22.3. The minimum absolute atomic E-state index is 0.449. The Morgan fingerprint density at radius 2 is 1.19 bits per heavy atom. The topological polar surface area (TPSA) is 29.4 Å². The Morgan fingerprint density at radius 1 is 0.731 bits per heavy atom. The summed E-state index contributed by atoms with van der Waals surface area (Å²) in [4.78, 5) is 0. The lowest BCUT2D eigenvalue weighted by atomic mass is 10.1. The molecule has 0 unspecified atom stereocenters. The largest absolute Gasteiger partial charge is 0.416 e. The molecule has 0 aromatic heterocycles. The third-order valence-electron chi connectivity index (χ3n) is 3.82. The fourth-order valence-corrected chi connectivity index (χ4v) is 4.46. The zero-order valence-electron chi connectivity index (χ0n) is 13.6. The molecular weight excluding hydrogens is 358 g/mol. The minimum atomic E-state index is -4.39. The maximum atomic E-state index is 13.6. The van der Waals surface area contributed by atoms with E-state index < -0.39 is 19.0 Å². The summed E-state index contributed by atoms with van der Waals surface area (Å²) in [6.45, 7) is 0. The molecule has 0 radical (unpaired) electrons. The van der Waals surface area contributed by atoms with Crippen LogP contribution in [0.2, 0.25) is 0 Å². The van der Waals surface area contributed by atoms with Crippen LogP contribution >= 0.6 is 7.29 Å². The highest BCUT2D eigenvalue weighted by atomic mass is 31.2. The van der Waals surface area contributed by atoms with Gasteiger partial charge in [-0.2, -0.15) is 13.2 Å². The minimum Gasteiger partial charge on any atom is -0.288 e. The van der Waals surface area contributed by atoms with Gasteiger partial charge in [-0.25, -0.2) is 4.76 Å². The van der Waals surface area contributed by atoms with Crippen molar-refractivity contribution in [1.82, 2.24) is 0 Å². The molecule has 0 heterocycles. The summed E-state index contributed by atoms with van der Waals surface area (Å²) >= 11 is 0. The zero-order valence-corrected chi connectivity index (χ0v) is 14.5. The molecule has 0 saturated carbocycles. The maximum absolute atomic E-state index is 13.6. The normalized spacial score (nSPS) is 12.4. The first kappa shape index (κ1) is 18.2. The van der Waals surface area contributed by atoms with Gasteiger partial charge in [-0.3, -0.25) is 4.57 Å². The Balaban J connectivity index is 1.99. The SMILES string of the molecule is O=P(/N=C/c1ccc(C(F)(F)F)cc1)(c1ccccc1)c1ccccc1. The quantitative estimate of drug-likeness (QED) is 0.465. The van der Waals surface area contributed by atoms with Crippen LogP contribution in [0.5, 0.6) is 0 Å². The standard InChI is InChI=1S/C20H15F3NOP/c21-20(22,23)17-13-11-16(12-14-17)15-24-26(25,18-7-3-1-4-8-18)19-9-5-2-6-10-19/h1-15H/b24-15+. The van der Waals surface area contributed by atoms with Crippen LogP contribution in [0.4, 0.5) is 13.2 Å². The maximum Gasteiger partial charge on any atom is 0.416 e. The Morgan fingerprint density at radius 3 is 1.62 bits per heavy atom. The third kappa shape index (κ3) is 3.94. The number of alkyl halides is 3. The van der Waals surface area contributed by atoms with Crippen LogP contribution < -0.4 is 10.6 Å². The van der Waals surface area contributed by atoms with E-state index in [-0.39, 0.29) is 0 Å². The molecule has 132 valence electrons. The molecule has 0 bridgehead atoms. The predicted octanol–water partition coefficient (Wildman–Crippen LogP) is 5.05. The van der Waals surface area contributed by atoms with Crippen LogP contribution in [-0.4, -0.2) is 6.21 Å². The lowest BCUT2D eigenvalue weighted by Gasteiger charge is -2.14. The first-order valence-corrected chi connectivity index (χ1v) is 9.50. The van der Waals surface area contributed by atoms with Gasteiger partial charge in [-0.15, -0.1) is 0 Å². The number of hydrogen-bond acceptors (Lipinski definition) is 1. The number of nitrogens with zero attached hydrogens (tertiary/aromatic N) is 1. The van der Waals surface area contributed by atoms with E-state index in [9.17, 15) is 17.7 Å². The summed E-state index contributed by atoms with van der Waals surface area (Å²) in [5.41, 5.74) is -0.283. The van der Waals surface area contributed by atoms with E-state index in [0.717, 1.165) is 12.1 Å². The Bertz CT molecular complexity index is 893. The van der Waals surface area contributed by atoms with Crippen molar-refractivity contribution in [2.75, 3.05) is 0 Å². The van der Waals surface area contributed by atoms with Crippen molar-refractivity contribution < 1.29 is 17.7 Å². The molecule has 3 aromatic rings. The van der Waals surface area contributed by atoms with Gasteiger partial charge >= 0.3 is 6.18 Å². The summed E-state index contributed by atoms with van der Waals surface area (Å²) in [7, 11) is -3.29. The number of benzene rings is 3. The molecular formula is C20H15F3NOP. The Hall–Kier alpha value is -2.65. The third-order valence-corrected chi connectivity index (χ3v) is 6.26. The fourth-order valence-electron chi connectivity index (χ4n) is 2.45. The molecule has 3 rings (SSSR count). The Kier molecular flexibility index (Phi) is 5.10. The van der Waals surface area contributed by atoms with Gasteiger partial charge in [0.05, 0.1) is 5.56 Å². The van der Waals surface area contributed by atoms with E-state index >= 15 is 0 Å². The highest BCUT2D eigenvalue weighted by molar-refractivity contribution is 7.77. The van der Waals surface area contributed by atoms with Gasteiger partial charge in [0.1, 0.15) is 0 Å². The van der Waals surface area contributed by atoms with Crippen molar-refractivity contribution in [3.63, 3.8) is 0 Å². The molecule has 2 nitrogen and oxygen atoms in total. The number of rotatable bonds is 4. The van der Waals surface area contributed by atoms with Crippen LogP contribution in [0.25, 0.3) is 0 Å². The van der Waals surface area contributed by atoms with Crippen LogP contribution in [-0.2, 0) is 10.7 Å². The molecule has 3 aromatic carbocycles. The van der Waals surface area contributed by atoms with Gasteiger partial charge in [0, 0.05) is 16.8 Å². The molecule has 0 N–H and O–H groups in total. The Labute approximate surface area is 149 Å². The highest BCUT2D eigenvalue weighted by Crippen LogP contribution is 2.44. The molecule has 26 heavy (non-hydrogen) atoms. The van der Waals surface area contributed by atoms with Crippen molar-refractivity contribution in [2.24, 2.45) is 4.76 Å². The second kappa shape index (κ2) is 7.30. The van der Waals surface area contributed by atoms with Gasteiger partial charge in [0.25, 0.3) is 0 Å². The molecule has 0 aliphatic rings. The monoisotopic (exact) mass is 373 g/mol. The molecule has 0 saturated heterocycles. The molecule has 0 amide bonds. The lowest BCUT2D eigenvalue weighted by Crippen LogP contribution is -2.14. The fraction of sp³-hybridized carbons (Fsp3) is 0.0500. The molecule has 0 spiro atoms. The van der Waals surface area contributed by atoms with E-state index in [1.54, 1.807) is 48.5 Å². The average molecular weight is 373 g/mol. The van der Waals surface area contributed by atoms with Gasteiger partial charge < -0.3 is 0 Å². The average Bonchev–Trinajstić information content (AvgIpc) is 2.67. The molecule has 0 aliphatic carbocycles. The second-order valence-electron chi connectivity index (χ2n) is 5.61. The van der Waals surface area contributed by atoms with Gasteiger partial charge in [-0.05, 0) is 42.0 Å². The molecule has 0 atom stereocenters. The smallest absolute Gasteiger partial charge is 0.288 e. The van der Waals surface area contributed by atoms with Gasteiger partial charge in [0.2, 0.25) is 7.29 Å². The summed E-state index contributed by atoms with van der Waals surface area (Å²) in [5, 5.41) is 1.13. The van der Waals surface area contributed by atoms with E-state index in [2.05, 4.69) is 4.76 Å². The van der Waals surface area contributed by atoms with E-state index in [1.165, 1.54) is 18.3 Å². The van der Waals surface area contributed by atoms with Crippen LogP contribution in [0, 0.1) is 0 Å². The summed E-state index contributed by atoms with van der Waals surface area (Å²) in [6.07, 6.45) is -3.03. The first-order valence-electron chi connectivity index (χ1n) is 7.84. The van der Waals surface area contributed by atoms with Crippen molar-refractivity contribution in [3.05, 3.63) is 96.1 Å². The van der Waals surface area contributed by atoms with Crippen molar-refractivity contribution in [3.8, 4) is 0 Å². The van der Waals surface area contributed by atoms with Crippen molar-refractivity contribution in [2.45, 2.75) is 6.18 Å². The van der Waals surface area contributed by atoms with Crippen molar-refractivity contribution >= 4 is 24.1 Å². The molecule has 0 fully saturated rings. The van der Waals surface area contributed by atoms with E-state index in [4.69, 9.17) is 0 Å². The zero-order chi connectivity index (χ0) is 18.6. The molecule has 6 heteroatoms. The number of hydrogen-bond donors (Lipinski definition) is 0. The van der Waals surface area contributed by atoms with Gasteiger partial charge in [-0.1, -0.05) is 48.5 Å². The highest BCUT2D eigenvalue weighted by Gasteiger charge is 2.30. The van der Waals surface area contributed by atoms with Crippen LogP contribution in [0.1, 0.15) is 11.1 Å². The van der Waals surface area contributed by atoms with Gasteiger partial charge in [0.15, 0.2) is 0 Å². The van der Waals surface area contributed by atoms with Crippen LogP contribution in [0.3, 0.4) is 0 Å².